The van der Waals surface area contributed by atoms with Gasteiger partial charge in [-0.15, -0.1) is 0 Å². The van der Waals surface area contributed by atoms with Gasteiger partial charge < -0.3 is 4.79 Å². The van der Waals surface area contributed by atoms with Gasteiger partial charge in [-0.1, -0.05) is 25.0 Å². The normalized spacial score (nSPS) is 21.0. The molecule has 1 saturated carbocycles. The molecule has 0 saturated heterocycles. The van der Waals surface area contributed by atoms with Gasteiger partial charge in [0, 0.05) is 5.92 Å². The fourth-order valence-electron chi connectivity index (χ4n) is 1.58. The molecule has 1 aliphatic carbocycles. The number of carbonyl (C=O) groups is 1. The first kappa shape index (κ1) is 8.51. The number of hydrogen-bond acceptors (Lipinski definition) is 1. The Balaban J connectivity index is 2.42. The Labute approximate surface area is 68.5 Å². The summed E-state index contributed by atoms with van der Waals surface area (Å²) in [5, 5.41) is 0. The van der Waals surface area contributed by atoms with E-state index in [9.17, 15) is 4.79 Å². The zero-order chi connectivity index (χ0) is 8.10. The van der Waals surface area contributed by atoms with Crippen molar-refractivity contribution in [2.24, 2.45) is 5.92 Å². The molecule has 0 aromatic carbocycles. The third kappa shape index (κ3) is 2.87. The molecule has 1 heteroatoms. The molecule has 62 valence electrons. The fraction of sp³-hybridized carbons (Fsp3) is 0.700. The first-order chi connectivity index (χ1) is 5.33. The second-order valence-electron chi connectivity index (χ2n) is 3.38. The zero-order valence-electron chi connectivity index (χ0n) is 7.18. The molecule has 0 aliphatic heterocycles. The van der Waals surface area contributed by atoms with E-state index in [4.69, 9.17) is 0 Å². The van der Waals surface area contributed by atoms with Crippen LogP contribution in [0.2, 0.25) is 0 Å². The van der Waals surface area contributed by atoms with Crippen LogP contribution in [0, 0.1) is 5.92 Å². The third-order valence-electron chi connectivity index (χ3n) is 2.21. The highest BCUT2D eigenvalue weighted by molar-refractivity contribution is 5.56. The van der Waals surface area contributed by atoms with Crippen molar-refractivity contribution in [1.29, 1.82) is 0 Å². The van der Waals surface area contributed by atoms with Crippen molar-refractivity contribution in [3.63, 3.8) is 0 Å². The van der Waals surface area contributed by atoms with E-state index in [1.165, 1.54) is 37.7 Å². The van der Waals surface area contributed by atoms with Crippen LogP contribution in [-0.2, 0) is 4.79 Å². The molecule has 1 nitrogen and oxygen atoms in total. The van der Waals surface area contributed by atoms with Gasteiger partial charge in [0.2, 0.25) is 0 Å². The Morgan fingerprint density at radius 1 is 1.27 bits per heavy atom. The molecule has 11 heavy (non-hydrogen) atoms. The lowest BCUT2D eigenvalue weighted by Crippen LogP contribution is -1.98. The summed E-state index contributed by atoms with van der Waals surface area (Å²) in [5.74, 6) is 0.128. The highest BCUT2D eigenvalue weighted by atomic mass is 16.1. The van der Waals surface area contributed by atoms with Gasteiger partial charge in [-0.2, -0.15) is 0 Å². The van der Waals surface area contributed by atoms with Crippen molar-refractivity contribution in [1.82, 2.24) is 0 Å². The van der Waals surface area contributed by atoms with Gasteiger partial charge in [0.05, 0.1) is 0 Å². The topological polar surface area (TPSA) is 17.1 Å². The van der Waals surface area contributed by atoms with E-state index in [-0.39, 0.29) is 5.92 Å². The summed E-state index contributed by atoms with van der Waals surface area (Å²) >= 11 is 0. The Morgan fingerprint density at radius 3 is 2.45 bits per heavy atom. The molecule has 1 aliphatic rings. The summed E-state index contributed by atoms with van der Waals surface area (Å²) in [6, 6.07) is 0. The van der Waals surface area contributed by atoms with Crippen LogP contribution in [0.15, 0.2) is 11.6 Å². The molecular weight excluding hydrogens is 136 g/mol. The van der Waals surface area contributed by atoms with E-state index in [0.29, 0.717) is 0 Å². The summed E-state index contributed by atoms with van der Waals surface area (Å²) in [6.45, 7) is 1.95. The molecule has 0 spiro atoms. The molecule has 0 aromatic heterocycles. The zero-order valence-corrected chi connectivity index (χ0v) is 7.18. The lowest BCUT2D eigenvalue weighted by atomic mass is 9.93. The van der Waals surface area contributed by atoms with E-state index in [1.807, 2.05) is 6.92 Å². The molecule has 0 N–H and O–H groups in total. The van der Waals surface area contributed by atoms with Gasteiger partial charge in [-0.05, 0) is 25.7 Å². The quantitative estimate of drug-likeness (QED) is 0.439. The highest BCUT2D eigenvalue weighted by Crippen LogP contribution is 2.23. The van der Waals surface area contributed by atoms with Crippen LogP contribution in [0.1, 0.15) is 39.0 Å². The van der Waals surface area contributed by atoms with Crippen molar-refractivity contribution in [3.8, 4) is 0 Å². The molecular formula is C10H16O. The second-order valence-corrected chi connectivity index (χ2v) is 3.38. The standard InChI is InChI=1S/C10H16O/c1-9(8-11)7-10-5-3-2-4-6-10/h7-9H,2-6H2,1H3/t9-/m0/s1. The Bertz CT molecular complexity index is 150. The van der Waals surface area contributed by atoms with Crippen LogP contribution < -0.4 is 0 Å². The number of hydrogen-bond donors (Lipinski definition) is 0. The minimum absolute atomic E-state index is 0.128. The van der Waals surface area contributed by atoms with E-state index < -0.39 is 0 Å². The monoisotopic (exact) mass is 152 g/mol. The summed E-state index contributed by atoms with van der Waals surface area (Å²) in [7, 11) is 0. The van der Waals surface area contributed by atoms with Crippen molar-refractivity contribution < 1.29 is 4.79 Å². The van der Waals surface area contributed by atoms with Gasteiger partial charge in [0.25, 0.3) is 0 Å². The third-order valence-corrected chi connectivity index (χ3v) is 2.21. The second kappa shape index (κ2) is 4.32. The lowest BCUT2D eigenvalue weighted by Gasteiger charge is -2.13. The fourth-order valence-corrected chi connectivity index (χ4v) is 1.58. The number of allylic oxidation sites excluding steroid dienone is 2. The van der Waals surface area contributed by atoms with E-state index >= 15 is 0 Å². The lowest BCUT2D eigenvalue weighted by molar-refractivity contribution is -0.109. The van der Waals surface area contributed by atoms with Gasteiger partial charge in [-0.3, -0.25) is 0 Å². The van der Waals surface area contributed by atoms with Gasteiger partial charge in [0.1, 0.15) is 6.29 Å². The van der Waals surface area contributed by atoms with E-state index in [1.54, 1.807) is 0 Å². The van der Waals surface area contributed by atoms with Crippen molar-refractivity contribution in [3.05, 3.63) is 11.6 Å². The van der Waals surface area contributed by atoms with Crippen molar-refractivity contribution in [2.45, 2.75) is 39.0 Å². The maximum atomic E-state index is 10.3. The van der Waals surface area contributed by atoms with Crippen molar-refractivity contribution >= 4 is 6.29 Å². The molecule has 1 atom stereocenters. The van der Waals surface area contributed by atoms with Crippen LogP contribution in [0.3, 0.4) is 0 Å². The van der Waals surface area contributed by atoms with Gasteiger partial charge in [0.15, 0.2) is 0 Å². The molecule has 0 bridgehead atoms. The minimum atomic E-state index is 0.128. The maximum Gasteiger partial charge on any atom is 0.126 e. The molecule has 1 fully saturated rings. The molecule has 0 unspecified atom stereocenters. The highest BCUT2D eigenvalue weighted by Gasteiger charge is 2.05. The number of rotatable bonds is 2. The van der Waals surface area contributed by atoms with Crippen LogP contribution >= 0.6 is 0 Å². The summed E-state index contributed by atoms with van der Waals surface area (Å²) in [5.41, 5.74) is 1.50. The molecule has 0 heterocycles. The largest absolute Gasteiger partial charge is 0.303 e. The summed E-state index contributed by atoms with van der Waals surface area (Å²) in [6.07, 6.45) is 9.59. The maximum absolute atomic E-state index is 10.3. The SMILES string of the molecule is C[C@H](C=O)C=C1CCCCC1. The van der Waals surface area contributed by atoms with Crippen molar-refractivity contribution in [2.75, 3.05) is 0 Å². The molecule has 0 radical (unpaired) electrons. The Morgan fingerprint density at radius 2 is 1.91 bits per heavy atom. The summed E-state index contributed by atoms with van der Waals surface area (Å²) < 4.78 is 0. The van der Waals surface area contributed by atoms with E-state index in [2.05, 4.69) is 6.08 Å². The Kier molecular flexibility index (Phi) is 3.34. The summed E-state index contributed by atoms with van der Waals surface area (Å²) in [4.78, 5) is 10.3. The minimum Gasteiger partial charge on any atom is -0.303 e. The molecule has 0 amide bonds. The van der Waals surface area contributed by atoms with Crippen LogP contribution in [-0.4, -0.2) is 6.29 Å². The predicted octanol–water partition coefficient (Wildman–Crippen LogP) is 2.71. The first-order valence-electron chi connectivity index (χ1n) is 4.48. The smallest absolute Gasteiger partial charge is 0.126 e. The van der Waals surface area contributed by atoms with E-state index in [0.717, 1.165) is 6.29 Å². The van der Waals surface area contributed by atoms with Crippen LogP contribution in [0.25, 0.3) is 0 Å². The number of carbonyl (C=O) groups excluding carboxylic acids is 1. The average Bonchev–Trinajstić information content (AvgIpc) is 2.06. The molecule has 0 aromatic rings. The first-order valence-corrected chi connectivity index (χ1v) is 4.48. The number of aldehydes is 1. The average molecular weight is 152 g/mol. The van der Waals surface area contributed by atoms with Gasteiger partial charge in [-0.25, -0.2) is 0 Å². The van der Waals surface area contributed by atoms with Crippen LogP contribution in [0.4, 0.5) is 0 Å². The predicted molar refractivity (Wildman–Crippen MR) is 46.4 cm³/mol. The Hall–Kier alpha value is -0.590. The van der Waals surface area contributed by atoms with Gasteiger partial charge >= 0.3 is 0 Å². The van der Waals surface area contributed by atoms with Crippen LogP contribution in [0.5, 0.6) is 0 Å². The molecule has 1 rings (SSSR count).